The van der Waals surface area contributed by atoms with Crippen molar-refractivity contribution in [1.29, 1.82) is 0 Å². The second-order valence-corrected chi connectivity index (χ2v) is 9.02. The zero-order valence-corrected chi connectivity index (χ0v) is 20.3. The molecule has 2 N–H and O–H groups in total. The zero-order valence-electron chi connectivity index (χ0n) is 20.3. The highest BCUT2D eigenvalue weighted by Crippen LogP contribution is 2.48. The van der Waals surface area contributed by atoms with Crippen molar-refractivity contribution < 1.29 is 43.1 Å². The normalized spacial score (nSPS) is 24.3. The molecule has 10 nitrogen and oxygen atoms in total. The number of aliphatic hydroxyl groups excluding tert-OH is 1. The number of likely N-dealkylation sites (N-methyl/N-ethyl adjacent to an activating group) is 1. The molecular formula is C24H31FN3O7+. The highest BCUT2D eigenvalue weighted by atomic mass is 19.1. The molecule has 0 bridgehead atoms. The minimum absolute atomic E-state index is 0.112. The highest BCUT2D eigenvalue weighted by Gasteiger charge is 2.78. The predicted molar refractivity (Wildman–Crippen MR) is 120 cm³/mol. The average molecular weight is 493 g/mol. The maximum Gasteiger partial charge on any atom is 0.383 e. The number of carbonyl (C=O) groups is 5. The van der Waals surface area contributed by atoms with Gasteiger partial charge in [0.1, 0.15) is 11.4 Å². The molecule has 190 valence electrons. The van der Waals surface area contributed by atoms with E-state index in [2.05, 4.69) is 0 Å². The van der Waals surface area contributed by atoms with E-state index in [1.165, 1.54) is 30.9 Å². The molecule has 1 saturated heterocycles. The van der Waals surface area contributed by atoms with Crippen molar-refractivity contribution in [2.24, 2.45) is 5.92 Å². The smallest absolute Gasteiger partial charge is 0.383 e. The molecule has 4 amide bonds. The van der Waals surface area contributed by atoms with Crippen LogP contribution in [0.4, 0.5) is 4.39 Å². The molecule has 0 radical (unpaired) electrons. The molecule has 1 aromatic carbocycles. The summed E-state index contributed by atoms with van der Waals surface area (Å²) in [7, 11) is 0. The van der Waals surface area contributed by atoms with Gasteiger partial charge in [0.15, 0.2) is 6.04 Å². The van der Waals surface area contributed by atoms with Crippen LogP contribution in [0, 0.1) is 11.7 Å². The highest BCUT2D eigenvalue weighted by molar-refractivity contribution is 6.17. The monoisotopic (exact) mass is 492 g/mol. The summed E-state index contributed by atoms with van der Waals surface area (Å²) in [5.41, 5.74) is -3.14. The fourth-order valence-corrected chi connectivity index (χ4v) is 5.96. The number of halogens is 1. The van der Waals surface area contributed by atoms with Crippen molar-refractivity contribution in [3.8, 4) is 0 Å². The van der Waals surface area contributed by atoms with Gasteiger partial charge in [-0.25, -0.2) is 23.7 Å². The van der Waals surface area contributed by atoms with Crippen molar-refractivity contribution in [2.45, 2.75) is 52.2 Å². The lowest BCUT2D eigenvalue weighted by molar-refractivity contribution is -0.850. The lowest BCUT2D eigenvalue weighted by Gasteiger charge is -2.54. The van der Waals surface area contributed by atoms with E-state index in [-0.39, 0.29) is 38.0 Å². The van der Waals surface area contributed by atoms with Crippen molar-refractivity contribution in [2.75, 3.05) is 26.2 Å². The van der Waals surface area contributed by atoms with Gasteiger partial charge in [-0.2, -0.15) is 4.48 Å². The first-order valence-electron chi connectivity index (χ1n) is 11.7. The van der Waals surface area contributed by atoms with Gasteiger partial charge in [0.25, 0.3) is 11.6 Å². The second-order valence-electron chi connectivity index (χ2n) is 9.02. The maximum atomic E-state index is 15.0. The van der Waals surface area contributed by atoms with Gasteiger partial charge >= 0.3 is 17.8 Å². The summed E-state index contributed by atoms with van der Waals surface area (Å²) in [4.78, 5) is 70.2. The van der Waals surface area contributed by atoms with E-state index in [0.29, 0.717) is 0 Å². The number of piperidine rings is 1. The Hall–Kier alpha value is -3.02. The minimum atomic E-state index is -2.28. The number of likely N-dealkylation sites (tertiary alicyclic amines) is 1. The molecule has 2 aliphatic rings. The Balaban J connectivity index is 2.48. The Labute approximate surface area is 202 Å². The number of carboxylic acids is 1. The maximum absolute atomic E-state index is 15.0. The van der Waals surface area contributed by atoms with E-state index >= 15 is 4.39 Å². The van der Waals surface area contributed by atoms with Gasteiger partial charge in [-0.15, -0.1) is 0 Å². The van der Waals surface area contributed by atoms with Crippen LogP contribution in [0.5, 0.6) is 0 Å². The molecule has 11 heteroatoms. The molecule has 0 aromatic heterocycles. The topological polar surface area (TPSA) is 132 Å². The Morgan fingerprint density at radius 3 is 2.31 bits per heavy atom. The van der Waals surface area contributed by atoms with E-state index in [1.807, 2.05) is 0 Å². The van der Waals surface area contributed by atoms with Crippen LogP contribution in [0.15, 0.2) is 18.2 Å². The number of carbonyl (C=O) groups excluding carboxylic acids is 4. The van der Waals surface area contributed by atoms with Crippen LogP contribution in [0.25, 0.3) is 0 Å². The number of rotatable bonds is 9. The first-order chi connectivity index (χ1) is 16.5. The standard InChI is InChI=1S/C24H30FN3O7/c1-5-26(6-2)24(14(3)4,23(34)35)28(17-10-11-18(30)27(12-13-29)20(17)31)21(32)15-8-7-9-16(25)19(15)22(28)33/h7-9,14,17,29H,5-6,10-13H2,1-4H3/p+1/t17?,24?,28-/m0/s1. The molecule has 3 atom stereocenters. The van der Waals surface area contributed by atoms with Gasteiger partial charge in [0.2, 0.25) is 5.91 Å². The fourth-order valence-electron chi connectivity index (χ4n) is 5.96. The number of hydrogen-bond acceptors (Lipinski definition) is 7. The zero-order chi connectivity index (χ0) is 26.3. The number of aliphatic hydroxyl groups is 1. The lowest BCUT2D eigenvalue weighted by atomic mass is 9.84. The van der Waals surface area contributed by atoms with Gasteiger partial charge < -0.3 is 10.2 Å². The van der Waals surface area contributed by atoms with Crippen LogP contribution in [0.1, 0.15) is 61.3 Å². The number of benzene rings is 1. The number of carboxylic acid groups (broad SMARTS) is 1. The van der Waals surface area contributed by atoms with Gasteiger partial charge in [-0.3, -0.25) is 14.5 Å². The third-order valence-corrected chi connectivity index (χ3v) is 7.28. The molecule has 2 aliphatic heterocycles. The number of fused-ring (bicyclic) bond motifs is 1. The Kier molecular flexibility index (Phi) is 7.26. The van der Waals surface area contributed by atoms with Crippen LogP contribution >= 0.6 is 0 Å². The largest absolute Gasteiger partial charge is 0.475 e. The summed E-state index contributed by atoms with van der Waals surface area (Å²) >= 11 is 0. The number of β-amino-alcohol motifs (C(OH)–C–C–N with tert-alkyl or cyclic N) is 1. The van der Waals surface area contributed by atoms with E-state index in [4.69, 9.17) is 0 Å². The van der Waals surface area contributed by atoms with Gasteiger partial charge in [-0.05, 0) is 12.1 Å². The van der Waals surface area contributed by atoms with E-state index in [9.17, 15) is 34.2 Å². The van der Waals surface area contributed by atoms with Gasteiger partial charge in [0, 0.05) is 31.8 Å². The van der Waals surface area contributed by atoms with Crippen LogP contribution in [0.2, 0.25) is 0 Å². The minimum Gasteiger partial charge on any atom is -0.475 e. The van der Waals surface area contributed by atoms with Crippen molar-refractivity contribution >= 4 is 29.6 Å². The summed E-state index contributed by atoms with van der Waals surface area (Å²) in [5, 5.41) is 20.2. The Bertz CT molecular complexity index is 1090. The quantitative estimate of drug-likeness (QED) is 0.389. The second kappa shape index (κ2) is 9.56. The molecule has 0 aliphatic carbocycles. The third-order valence-electron chi connectivity index (χ3n) is 7.28. The molecule has 3 rings (SSSR count). The molecule has 1 aromatic rings. The van der Waals surface area contributed by atoms with E-state index < -0.39 is 69.7 Å². The molecule has 0 saturated carbocycles. The SMILES string of the molecule is CCN(CC)C(C(=O)O)(C(C)C)[N@@+]1(C2CCC(=O)N(CCO)C2=O)C(=O)c2cccc(F)c2C1=O. The predicted octanol–water partition coefficient (Wildman–Crippen LogP) is 1.23. The molecule has 1 fully saturated rings. The summed E-state index contributed by atoms with van der Waals surface area (Å²) in [6.07, 6.45) is -0.530. The summed E-state index contributed by atoms with van der Waals surface area (Å²) in [6.45, 7) is 5.72. The first kappa shape index (κ1) is 26.6. The van der Waals surface area contributed by atoms with Crippen LogP contribution < -0.4 is 0 Å². The number of hydrogen-bond donors (Lipinski definition) is 2. The van der Waals surface area contributed by atoms with Crippen LogP contribution in [-0.2, 0) is 14.4 Å². The van der Waals surface area contributed by atoms with E-state index in [1.54, 1.807) is 13.8 Å². The summed E-state index contributed by atoms with van der Waals surface area (Å²) < 4.78 is 13.5. The average Bonchev–Trinajstić information content (AvgIpc) is 3.03. The molecule has 2 heterocycles. The third kappa shape index (κ3) is 3.36. The van der Waals surface area contributed by atoms with Gasteiger partial charge in [-0.1, -0.05) is 33.8 Å². The molecule has 0 spiro atoms. The number of amides is 4. The van der Waals surface area contributed by atoms with Crippen LogP contribution in [-0.4, -0.2) is 92.0 Å². The van der Waals surface area contributed by atoms with Crippen molar-refractivity contribution in [3.05, 3.63) is 35.1 Å². The van der Waals surface area contributed by atoms with Gasteiger partial charge in [0.05, 0.1) is 18.7 Å². The Morgan fingerprint density at radius 2 is 1.83 bits per heavy atom. The number of imide groups is 2. The lowest BCUT2D eigenvalue weighted by Crippen LogP contribution is -2.84. The van der Waals surface area contributed by atoms with Crippen molar-refractivity contribution in [3.63, 3.8) is 0 Å². The number of aliphatic carboxylic acids is 1. The summed E-state index contributed by atoms with van der Waals surface area (Å²) in [5.74, 6) is -7.06. The Morgan fingerprint density at radius 1 is 1.20 bits per heavy atom. The van der Waals surface area contributed by atoms with Crippen LogP contribution in [0.3, 0.4) is 0 Å². The van der Waals surface area contributed by atoms with E-state index in [0.717, 1.165) is 11.0 Å². The molecule has 35 heavy (non-hydrogen) atoms. The molecule has 2 unspecified atom stereocenters. The molecular weight excluding hydrogens is 461 g/mol. The fraction of sp³-hybridized carbons (Fsp3) is 0.542. The van der Waals surface area contributed by atoms with Crippen molar-refractivity contribution in [1.82, 2.24) is 9.80 Å². The summed E-state index contributed by atoms with van der Waals surface area (Å²) in [6, 6.07) is 1.89. The number of nitrogens with zero attached hydrogens (tertiary/aromatic N) is 3. The number of quaternary nitrogens is 1. The first-order valence-corrected chi connectivity index (χ1v) is 11.7.